The van der Waals surface area contributed by atoms with Gasteiger partial charge in [0.15, 0.2) is 17.7 Å². The first kappa shape index (κ1) is 30.2. The monoisotopic (exact) mass is 574 g/mol. The molecule has 0 saturated heterocycles. The van der Waals surface area contributed by atoms with Gasteiger partial charge in [-0.15, -0.1) is 0 Å². The van der Waals surface area contributed by atoms with E-state index in [1.54, 1.807) is 0 Å². The zero-order chi connectivity index (χ0) is 30.2. The number of carboxylic acids is 1. The third-order valence-corrected chi connectivity index (χ3v) is 8.38. The molecular formula is C35H43FN2O4. The van der Waals surface area contributed by atoms with Crippen LogP contribution in [0.15, 0.2) is 30.3 Å². The Morgan fingerprint density at radius 3 is 2.57 bits per heavy atom. The topological polar surface area (TPSA) is 71.9 Å². The number of halogens is 1. The molecule has 224 valence electrons. The summed E-state index contributed by atoms with van der Waals surface area (Å²) in [5.41, 5.74) is 8.16. The van der Waals surface area contributed by atoms with E-state index in [2.05, 4.69) is 36.1 Å². The van der Waals surface area contributed by atoms with E-state index in [9.17, 15) is 9.90 Å². The van der Waals surface area contributed by atoms with E-state index in [0.717, 1.165) is 73.1 Å². The minimum absolute atomic E-state index is 0.321. The maximum Gasteiger partial charge on any atom is 0.337 e. The van der Waals surface area contributed by atoms with Crippen molar-refractivity contribution in [1.82, 2.24) is 9.88 Å². The van der Waals surface area contributed by atoms with Gasteiger partial charge in [0.25, 0.3) is 0 Å². The van der Waals surface area contributed by atoms with E-state index in [-0.39, 0.29) is 0 Å². The Morgan fingerprint density at radius 2 is 1.88 bits per heavy atom. The van der Waals surface area contributed by atoms with E-state index in [4.69, 9.17) is 14.5 Å². The molecule has 42 heavy (non-hydrogen) atoms. The van der Waals surface area contributed by atoms with Gasteiger partial charge in [-0.25, -0.2) is 9.18 Å². The number of pyridine rings is 1. The molecular weight excluding hydrogens is 531 g/mol. The number of nitrogens with zero attached hydrogens (tertiary/aromatic N) is 2. The van der Waals surface area contributed by atoms with Gasteiger partial charge in [-0.2, -0.15) is 0 Å². The van der Waals surface area contributed by atoms with E-state index in [1.165, 1.54) is 17.2 Å². The third kappa shape index (κ3) is 6.37. The number of carboxylic acid groups (broad SMARTS) is 1. The molecule has 0 amide bonds. The second-order valence-electron chi connectivity index (χ2n) is 12.8. The van der Waals surface area contributed by atoms with Crippen LogP contribution in [0, 0.1) is 26.6 Å². The van der Waals surface area contributed by atoms with Crippen LogP contribution in [0.2, 0.25) is 0 Å². The summed E-state index contributed by atoms with van der Waals surface area (Å²) in [6.07, 6.45) is 3.04. The van der Waals surface area contributed by atoms with E-state index in [0.29, 0.717) is 35.7 Å². The van der Waals surface area contributed by atoms with Crippen molar-refractivity contribution in [2.45, 2.75) is 91.9 Å². The minimum Gasteiger partial charge on any atom is -0.490 e. The lowest BCUT2D eigenvalue weighted by Crippen LogP contribution is -2.34. The molecule has 0 radical (unpaired) electrons. The van der Waals surface area contributed by atoms with Crippen molar-refractivity contribution in [2.24, 2.45) is 0 Å². The van der Waals surface area contributed by atoms with Gasteiger partial charge >= 0.3 is 5.97 Å². The summed E-state index contributed by atoms with van der Waals surface area (Å²) >= 11 is 0. The van der Waals surface area contributed by atoms with E-state index < -0.39 is 23.5 Å². The molecule has 1 aromatic heterocycles. The Kier molecular flexibility index (Phi) is 8.72. The number of carbonyl (C=O) groups is 1. The van der Waals surface area contributed by atoms with Crippen molar-refractivity contribution in [3.63, 3.8) is 0 Å². The lowest BCUT2D eigenvalue weighted by atomic mass is 9.83. The summed E-state index contributed by atoms with van der Waals surface area (Å²) in [7, 11) is 0. The summed E-state index contributed by atoms with van der Waals surface area (Å²) < 4.78 is 27.5. The van der Waals surface area contributed by atoms with Crippen LogP contribution in [0.25, 0.3) is 11.1 Å². The van der Waals surface area contributed by atoms with Crippen LogP contribution in [-0.2, 0) is 35.3 Å². The molecule has 2 aliphatic heterocycles. The number of ether oxygens (including phenoxy) is 2. The lowest BCUT2D eigenvalue weighted by Gasteiger charge is -2.34. The summed E-state index contributed by atoms with van der Waals surface area (Å²) in [4.78, 5) is 20.1. The number of aryl methyl sites for hydroxylation is 3. The average molecular weight is 575 g/mol. The molecule has 6 nitrogen and oxygen atoms in total. The Hall–Kier alpha value is -3.29. The fourth-order valence-electron chi connectivity index (χ4n) is 6.35. The molecule has 0 unspecified atom stereocenters. The van der Waals surface area contributed by atoms with Crippen molar-refractivity contribution in [3.8, 4) is 16.9 Å². The van der Waals surface area contributed by atoms with E-state index >= 15 is 4.39 Å². The predicted octanol–water partition coefficient (Wildman–Crippen LogP) is 7.07. The van der Waals surface area contributed by atoms with Crippen LogP contribution in [0.4, 0.5) is 4.39 Å². The summed E-state index contributed by atoms with van der Waals surface area (Å²) in [6.45, 7) is 14.4. The second kappa shape index (κ2) is 12.1. The molecule has 2 aliphatic rings. The Morgan fingerprint density at radius 1 is 1.14 bits per heavy atom. The molecule has 0 spiro atoms. The summed E-state index contributed by atoms with van der Waals surface area (Å²) in [5.74, 6) is -1.17. The third-order valence-electron chi connectivity index (χ3n) is 8.38. The van der Waals surface area contributed by atoms with Crippen LogP contribution in [0.3, 0.4) is 0 Å². The van der Waals surface area contributed by atoms with Crippen LogP contribution >= 0.6 is 0 Å². The van der Waals surface area contributed by atoms with Gasteiger partial charge in [-0.3, -0.25) is 9.88 Å². The van der Waals surface area contributed by atoms with Gasteiger partial charge in [0.2, 0.25) is 0 Å². The number of hydrogen-bond donors (Lipinski definition) is 1. The normalized spacial score (nSPS) is 16.0. The average Bonchev–Trinajstić information content (AvgIpc) is 2.94. The highest BCUT2D eigenvalue weighted by Gasteiger charge is 2.36. The highest BCUT2D eigenvalue weighted by molar-refractivity contribution is 5.84. The number of fused-ring (bicyclic) bond motifs is 2. The van der Waals surface area contributed by atoms with Gasteiger partial charge in [0.05, 0.1) is 12.2 Å². The molecule has 2 aromatic carbocycles. The zero-order valence-corrected chi connectivity index (χ0v) is 25.8. The van der Waals surface area contributed by atoms with Gasteiger partial charge in [-0.1, -0.05) is 29.8 Å². The Labute approximate surface area is 248 Å². The fourth-order valence-corrected chi connectivity index (χ4v) is 6.35. The standard InChI is InChI=1S/C35H43FN2O4/c1-21-11-13-24(14-12-21)9-7-16-38-17-15-29-27(20-38)31(26-19-28(36)32-25(22(26)2)10-8-18-41-32)30(23(3)37-29)33(34(39)40)42-35(4,5)6/h11-14,19,33H,7-10,15-18,20H2,1-6H3,(H,39,40)/t33-/m0/s1. The van der Waals surface area contributed by atoms with Crippen molar-refractivity contribution in [1.29, 1.82) is 0 Å². The highest BCUT2D eigenvalue weighted by Crippen LogP contribution is 2.44. The van der Waals surface area contributed by atoms with Crippen LogP contribution in [0.1, 0.15) is 84.5 Å². The quantitative estimate of drug-likeness (QED) is 0.310. The summed E-state index contributed by atoms with van der Waals surface area (Å²) in [6, 6.07) is 10.2. The predicted molar refractivity (Wildman–Crippen MR) is 163 cm³/mol. The smallest absolute Gasteiger partial charge is 0.337 e. The molecule has 0 fully saturated rings. The first-order valence-corrected chi connectivity index (χ1v) is 15.1. The second-order valence-corrected chi connectivity index (χ2v) is 12.8. The maximum atomic E-state index is 15.6. The summed E-state index contributed by atoms with van der Waals surface area (Å²) in [5, 5.41) is 10.4. The minimum atomic E-state index is -1.25. The fraction of sp³-hybridized carbons (Fsp3) is 0.486. The Bertz CT molecular complexity index is 1480. The van der Waals surface area contributed by atoms with Crippen molar-refractivity contribution < 1.29 is 23.8 Å². The molecule has 1 atom stereocenters. The Balaban J connectivity index is 1.60. The first-order valence-electron chi connectivity index (χ1n) is 15.1. The zero-order valence-electron chi connectivity index (χ0n) is 25.8. The molecule has 3 heterocycles. The van der Waals surface area contributed by atoms with Crippen LogP contribution in [0.5, 0.6) is 5.75 Å². The largest absolute Gasteiger partial charge is 0.490 e. The molecule has 3 aromatic rings. The molecule has 5 rings (SSSR count). The van der Waals surface area contributed by atoms with Crippen molar-refractivity contribution >= 4 is 5.97 Å². The molecule has 0 aliphatic carbocycles. The van der Waals surface area contributed by atoms with Gasteiger partial charge in [0, 0.05) is 42.0 Å². The number of hydrogen-bond acceptors (Lipinski definition) is 5. The molecule has 1 N–H and O–H groups in total. The van der Waals surface area contributed by atoms with Gasteiger partial charge in [-0.05, 0) is 108 Å². The molecule has 7 heteroatoms. The first-order chi connectivity index (χ1) is 19.9. The number of benzene rings is 2. The van der Waals surface area contributed by atoms with Crippen LogP contribution in [-0.4, -0.2) is 46.3 Å². The van der Waals surface area contributed by atoms with E-state index in [1.807, 2.05) is 34.6 Å². The SMILES string of the molecule is Cc1ccc(CCCN2CCc3nc(C)c([C@H](OC(C)(C)C)C(=O)O)c(-c4cc(F)c5c(c4C)CCCO5)c3C2)cc1. The molecule has 0 saturated carbocycles. The number of rotatable bonds is 8. The van der Waals surface area contributed by atoms with Gasteiger partial charge in [0.1, 0.15) is 0 Å². The van der Waals surface area contributed by atoms with Crippen LogP contribution < -0.4 is 4.74 Å². The maximum absolute atomic E-state index is 15.6. The van der Waals surface area contributed by atoms with Crippen molar-refractivity contribution in [3.05, 3.63) is 80.9 Å². The van der Waals surface area contributed by atoms with Crippen molar-refractivity contribution in [2.75, 3.05) is 19.7 Å². The number of aromatic nitrogens is 1. The number of aliphatic carboxylic acids is 1. The highest BCUT2D eigenvalue weighted by atomic mass is 19.1. The lowest BCUT2D eigenvalue weighted by molar-refractivity contribution is -0.160. The van der Waals surface area contributed by atoms with Gasteiger partial charge < -0.3 is 14.6 Å². The molecule has 0 bridgehead atoms.